The molecule has 4 heteroatoms. The van der Waals surface area contributed by atoms with Crippen LogP contribution in [0.4, 0.5) is 0 Å². The molecule has 4 nitrogen and oxygen atoms in total. The highest BCUT2D eigenvalue weighted by Gasteiger charge is 2.51. The second-order valence-corrected chi connectivity index (χ2v) is 4.12. The van der Waals surface area contributed by atoms with Gasteiger partial charge in [0.15, 0.2) is 0 Å². The Morgan fingerprint density at radius 2 is 2.07 bits per heavy atom. The lowest BCUT2D eigenvalue weighted by Crippen LogP contribution is -2.42. The van der Waals surface area contributed by atoms with E-state index in [4.69, 9.17) is 5.11 Å². The maximum atomic E-state index is 11.4. The van der Waals surface area contributed by atoms with Gasteiger partial charge in [0.05, 0.1) is 0 Å². The van der Waals surface area contributed by atoms with Crippen LogP contribution in [-0.2, 0) is 9.59 Å². The van der Waals surface area contributed by atoms with Crippen molar-refractivity contribution in [3.63, 3.8) is 0 Å². The zero-order chi connectivity index (χ0) is 11.5. The van der Waals surface area contributed by atoms with Crippen LogP contribution in [0.2, 0.25) is 0 Å². The van der Waals surface area contributed by atoms with E-state index in [1.807, 2.05) is 13.8 Å². The Morgan fingerprint density at radius 3 is 2.47 bits per heavy atom. The van der Waals surface area contributed by atoms with Crippen LogP contribution in [0.3, 0.4) is 0 Å². The molecule has 1 fully saturated rings. The number of nitrogens with one attached hydrogen (secondary N) is 1. The minimum atomic E-state index is -0.972. The highest BCUT2D eigenvalue weighted by atomic mass is 16.4. The highest BCUT2D eigenvalue weighted by molar-refractivity contribution is 5.94. The van der Waals surface area contributed by atoms with E-state index in [0.29, 0.717) is 12.8 Å². The summed E-state index contributed by atoms with van der Waals surface area (Å²) >= 11 is 0. The smallest absolute Gasteiger partial charge is 0.329 e. The normalized spacial score (nSPS) is 18.4. The molecule has 0 bridgehead atoms. The summed E-state index contributed by atoms with van der Waals surface area (Å²) in [6.07, 6.45) is 4.42. The van der Waals surface area contributed by atoms with E-state index in [1.165, 1.54) is 6.08 Å². The Hall–Kier alpha value is -1.32. The molecule has 1 saturated carbocycles. The van der Waals surface area contributed by atoms with Crippen molar-refractivity contribution >= 4 is 11.9 Å². The van der Waals surface area contributed by atoms with Crippen molar-refractivity contribution in [1.82, 2.24) is 5.32 Å². The minimum absolute atomic E-state index is 0.291. The fourth-order valence-electron chi connectivity index (χ4n) is 1.48. The maximum absolute atomic E-state index is 11.4. The SMILES string of the molecule is CCC/C(C)=C/C(=O)NC1(C(=O)O)CC1. The van der Waals surface area contributed by atoms with E-state index in [1.54, 1.807) is 0 Å². The van der Waals surface area contributed by atoms with Crippen molar-refractivity contribution in [3.8, 4) is 0 Å². The molecule has 2 N–H and O–H groups in total. The quantitative estimate of drug-likeness (QED) is 0.677. The van der Waals surface area contributed by atoms with Crippen molar-refractivity contribution < 1.29 is 14.7 Å². The van der Waals surface area contributed by atoms with Crippen LogP contribution >= 0.6 is 0 Å². The predicted octanol–water partition coefficient (Wildman–Crippen LogP) is 1.47. The maximum Gasteiger partial charge on any atom is 0.329 e. The topological polar surface area (TPSA) is 66.4 Å². The third-order valence-electron chi connectivity index (χ3n) is 2.54. The van der Waals surface area contributed by atoms with E-state index in [-0.39, 0.29) is 5.91 Å². The lowest BCUT2D eigenvalue weighted by atomic mass is 10.1. The molecular weight excluding hydrogens is 194 g/mol. The summed E-state index contributed by atoms with van der Waals surface area (Å²) in [5.74, 6) is -1.22. The van der Waals surface area contributed by atoms with Gasteiger partial charge < -0.3 is 10.4 Å². The van der Waals surface area contributed by atoms with Crippen molar-refractivity contribution in [3.05, 3.63) is 11.6 Å². The largest absolute Gasteiger partial charge is 0.480 e. The van der Waals surface area contributed by atoms with E-state index in [0.717, 1.165) is 18.4 Å². The molecule has 0 aliphatic heterocycles. The first-order valence-electron chi connectivity index (χ1n) is 5.23. The molecule has 0 radical (unpaired) electrons. The Bertz CT molecular complexity index is 303. The first-order valence-corrected chi connectivity index (χ1v) is 5.23. The standard InChI is InChI=1S/C11H17NO3/c1-3-4-8(2)7-9(13)12-11(5-6-11)10(14)15/h7H,3-6H2,1-2H3,(H,12,13)(H,14,15)/b8-7+. The molecule has 1 amide bonds. The summed E-state index contributed by atoms with van der Waals surface area (Å²) in [6, 6.07) is 0. The van der Waals surface area contributed by atoms with Gasteiger partial charge in [0, 0.05) is 6.08 Å². The summed E-state index contributed by atoms with van der Waals surface area (Å²) in [5.41, 5.74) is 0.0104. The number of carboxylic acid groups (broad SMARTS) is 1. The summed E-state index contributed by atoms with van der Waals surface area (Å²) < 4.78 is 0. The zero-order valence-corrected chi connectivity index (χ0v) is 9.17. The predicted molar refractivity (Wildman–Crippen MR) is 56.4 cm³/mol. The van der Waals surface area contributed by atoms with Crippen molar-refractivity contribution in [2.75, 3.05) is 0 Å². The summed E-state index contributed by atoms with van der Waals surface area (Å²) in [7, 11) is 0. The third kappa shape index (κ3) is 3.08. The molecule has 0 spiro atoms. The lowest BCUT2D eigenvalue weighted by Gasteiger charge is -2.10. The Kier molecular flexibility index (Phi) is 3.50. The summed E-state index contributed by atoms with van der Waals surface area (Å²) in [5, 5.41) is 11.4. The average molecular weight is 211 g/mol. The molecule has 15 heavy (non-hydrogen) atoms. The molecular formula is C11H17NO3. The third-order valence-corrected chi connectivity index (χ3v) is 2.54. The molecule has 0 unspecified atom stereocenters. The van der Waals surface area contributed by atoms with Crippen LogP contribution in [0.1, 0.15) is 39.5 Å². The molecule has 1 aliphatic carbocycles. The van der Waals surface area contributed by atoms with Crippen molar-refractivity contribution in [2.45, 2.75) is 45.1 Å². The molecule has 1 aliphatic rings. The number of carboxylic acids is 1. The summed E-state index contributed by atoms with van der Waals surface area (Å²) in [6.45, 7) is 3.91. The molecule has 84 valence electrons. The molecule has 0 heterocycles. The van der Waals surface area contributed by atoms with Gasteiger partial charge in [0.2, 0.25) is 5.91 Å². The Balaban J connectivity index is 2.50. The van der Waals surface area contributed by atoms with Crippen LogP contribution in [0, 0.1) is 0 Å². The number of rotatable bonds is 5. The van der Waals surface area contributed by atoms with Gasteiger partial charge in [-0.15, -0.1) is 0 Å². The summed E-state index contributed by atoms with van der Waals surface area (Å²) in [4.78, 5) is 22.2. The number of aliphatic carboxylic acids is 1. The van der Waals surface area contributed by atoms with Crippen molar-refractivity contribution in [1.29, 1.82) is 0 Å². The molecule has 0 aromatic heterocycles. The van der Waals surface area contributed by atoms with E-state index >= 15 is 0 Å². The molecule has 1 rings (SSSR count). The number of amides is 1. The van der Waals surface area contributed by atoms with E-state index in [2.05, 4.69) is 5.32 Å². The number of carbonyl (C=O) groups excluding carboxylic acids is 1. The second kappa shape index (κ2) is 4.47. The van der Waals surface area contributed by atoms with Crippen LogP contribution in [-0.4, -0.2) is 22.5 Å². The van der Waals surface area contributed by atoms with Gasteiger partial charge in [-0.2, -0.15) is 0 Å². The number of allylic oxidation sites excluding steroid dienone is 1. The van der Waals surface area contributed by atoms with Crippen molar-refractivity contribution in [2.24, 2.45) is 0 Å². The molecule has 0 atom stereocenters. The van der Waals surface area contributed by atoms with Gasteiger partial charge in [-0.25, -0.2) is 4.79 Å². The van der Waals surface area contributed by atoms with Gasteiger partial charge >= 0.3 is 5.97 Å². The average Bonchev–Trinajstić information content (AvgIpc) is 2.85. The van der Waals surface area contributed by atoms with Crippen LogP contribution in [0.5, 0.6) is 0 Å². The first kappa shape index (κ1) is 11.8. The van der Waals surface area contributed by atoms with Gasteiger partial charge in [-0.05, 0) is 26.2 Å². The molecule has 0 aromatic carbocycles. The Labute approximate surface area is 89.4 Å². The van der Waals surface area contributed by atoms with E-state index in [9.17, 15) is 9.59 Å². The Morgan fingerprint density at radius 1 is 1.47 bits per heavy atom. The lowest BCUT2D eigenvalue weighted by molar-refractivity contribution is -0.142. The van der Waals surface area contributed by atoms with Crippen LogP contribution < -0.4 is 5.32 Å². The zero-order valence-electron chi connectivity index (χ0n) is 9.17. The fraction of sp³-hybridized carbons (Fsp3) is 0.636. The van der Waals surface area contributed by atoms with Gasteiger partial charge in [0.25, 0.3) is 0 Å². The number of carbonyl (C=O) groups is 2. The minimum Gasteiger partial charge on any atom is -0.480 e. The monoisotopic (exact) mass is 211 g/mol. The van der Waals surface area contributed by atoms with E-state index < -0.39 is 11.5 Å². The van der Waals surface area contributed by atoms with Gasteiger partial charge in [-0.1, -0.05) is 18.9 Å². The molecule has 0 aromatic rings. The van der Waals surface area contributed by atoms with Crippen LogP contribution in [0.25, 0.3) is 0 Å². The second-order valence-electron chi connectivity index (χ2n) is 4.12. The first-order chi connectivity index (χ1) is 7.00. The number of hydrogen-bond acceptors (Lipinski definition) is 2. The van der Waals surface area contributed by atoms with Gasteiger partial charge in [0.1, 0.15) is 5.54 Å². The molecule has 0 saturated heterocycles. The van der Waals surface area contributed by atoms with Crippen LogP contribution in [0.15, 0.2) is 11.6 Å². The fourth-order valence-corrected chi connectivity index (χ4v) is 1.48. The van der Waals surface area contributed by atoms with Gasteiger partial charge in [-0.3, -0.25) is 4.79 Å². The number of hydrogen-bond donors (Lipinski definition) is 2. The highest BCUT2D eigenvalue weighted by Crippen LogP contribution is 2.35.